The first-order chi connectivity index (χ1) is 12.1. The smallest absolute Gasteiger partial charge is 0.335 e. The fraction of sp³-hybridized carbons (Fsp3) is 0.667. The van der Waals surface area contributed by atoms with Crippen LogP contribution in [0.4, 0.5) is 0 Å². The van der Waals surface area contributed by atoms with Gasteiger partial charge in [0.15, 0.2) is 0 Å². The summed E-state index contributed by atoms with van der Waals surface area (Å²) in [6.07, 6.45) is 12.0. The number of hydrogen-bond acceptors (Lipinski definition) is 3. The summed E-state index contributed by atoms with van der Waals surface area (Å²) in [4.78, 5) is 10.8. The predicted octanol–water partition coefficient (Wildman–Crippen LogP) is 5.70. The van der Waals surface area contributed by atoms with Crippen LogP contribution in [0, 0.1) is 0 Å². The number of unbranched alkanes of at least 4 members (excludes halogenated alkanes) is 7. The molecule has 0 saturated heterocycles. The van der Waals surface area contributed by atoms with Crippen LogP contribution in [0.2, 0.25) is 0 Å². The van der Waals surface area contributed by atoms with E-state index in [-0.39, 0.29) is 11.7 Å². The highest BCUT2D eigenvalue weighted by Gasteiger charge is 2.04. The Labute approximate surface area is 152 Å². The predicted molar refractivity (Wildman–Crippen MR) is 102 cm³/mol. The normalized spacial score (nSPS) is 12.1. The van der Waals surface area contributed by atoms with Crippen LogP contribution in [-0.2, 0) is 4.74 Å². The van der Waals surface area contributed by atoms with Gasteiger partial charge in [0, 0.05) is 0 Å². The summed E-state index contributed by atoms with van der Waals surface area (Å²) in [5.41, 5.74) is 0.266. The van der Waals surface area contributed by atoms with E-state index < -0.39 is 5.97 Å². The number of carboxylic acid groups (broad SMARTS) is 1. The molecule has 0 amide bonds. The van der Waals surface area contributed by atoms with Gasteiger partial charge in [0.25, 0.3) is 0 Å². The molecule has 0 radical (unpaired) electrons. The standard InChI is InChI=1S/C21H34O4/c1-3-4-5-6-7-8-9-10-11-18(2)24-16-17-25-20-14-12-19(13-15-20)21(22)23/h12-15,18H,3-11,16-17H2,1-2H3,(H,22,23). The summed E-state index contributed by atoms with van der Waals surface area (Å²) >= 11 is 0. The number of carbonyl (C=O) groups is 1. The second-order valence-corrected chi connectivity index (χ2v) is 6.62. The van der Waals surface area contributed by atoms with Gasteiger partial charge in [0.05, 0.1) is 18.3 Å². The largest absolute Gasteiger partial charge is 0.491 e. The average Bonchev–Trinajstić information content (AvgIpc) is 2.61. The van der Waals surface area contributed by atoms with Crippen molar-refractivity contribution in [3.05, 3.63) is 29.8 Å². The van der Waals surface area contributed by atoms with E-state index in [0.717, 1.165) is 6.42 Å². The van der Waals surface area contributed by atoms with Crippen LogP contribution in [0.25, 0.3) is 0 Å². The number of carboxylic acids is 1. The van der Waals surface area contributed by atoms with E-state index in [1.807, 2.05) is 0 Å². The summed E-state index contributed by atoms with van der Waals surface area (Å²) in [7, 11) is 0. The molecule has 0 aromatic heterocycles. The van der Waals surface area contributed by atoms with Crippen LogP contribution >= 0.6 is 0 Å². The number of ether oxygens (including phenoxy) is 2. The molecule has 1 unspecified atom stereocenters. The molecule has 1 aromatic rings. The maximum Gasteiger partial charge on any atom is 0.335 e. The lowest BCUT2D eigenvalue weighted by molar-refractivity contribution is 0.0384. The third-order valence-corrected chi connectivity index (χ3v) is 4.32. The zero-order valence-corrected chi connectivity index (χ0v) is 15.8. The van der Waals surface area contributed by atoms with Gasteiger partial charge in [0.1, 0.15) is 12.4 Å². The zero-order chi connectivity index (χ0) is 18.3. The van der Waals surface area contributed by atoms with Crippen LogP contribution in [0.5, 0.6) is 5.75 Å². The summed E-state index contributed by atoms with van der Waals surface area (Å²) in [6, 6.07) is 6.44. The summed E-state index contributed by atoms with van der Waals surface area (Å²) in [5.74, 6) is -0.256. The van der Waals surface area contributed by atoms with Gasteiger partial charge in [0.2, 0.25) is 0 Å². The Kier molecular flexibility index (Phi) is 11.8. The molecule has 0 aliphatic heterocycles. The molecule has 25 heavy (non-hydrogen) atoms. The zero-order valence-electron chi connectivity index (χ0n) is 15.8. The van der Waals surface area contributed by atoms with Crippen LogP contribution in [0.1, 0.15) is 82.0 Å². The second kappa shape index (κ2) is 13.7. The molecule has 1 atom stereocenters. The van der Waals surface area contributed by atoms with Crippen molar-refractivity contribution < 1.29 is 19.4 Å². The summed E-state index contributed by atoms with van der Waals surface area (Å²) in [5, 5.41) is 8.84. The van der Waals surface area contributed by atoms with Crippen molar-refractivity contribution in [2.45, 2.75) is 77.7 Å². The molecule has 4 nitrogen and oxygen atoms in total. The molecule has 4 heteroatoms. The van der Waals surface area contributed by atoms with E-state index in [4.69, 9.17) is 14.6 Å². The van der Waals surface area contributed by atoms with Crippen molar-refractivity contribution in [1.82, 2.24) is 0 Å². The van der Waals surface area contributed by atoms with E-state index in [0.29, 0.717) is 19.0 Å². The SMILES string of the molecule is CCCCCCCCCCC(C)OCCOc1ccc(C(=O)O)cc1. The molecule has 142 valence electrons. The van der Waals surface area contributed by atoms with Gasteiger partial charge in [-0.15, -0.1) is 0 Å². The van der Waals surface area contributed by atoms with Gasteiger partial charge in [-0.25, -0.2) is 4.79 Å². The first kappa shape index (κ1) is 21.5. The Bertz CT molecular complexity index is 455. The van der Waals surface area contributed by atoms with Gasteiger partial charge in [-0.05, 0) is 37.6 Å². The molecule has 0 aliphatic carbocycles. The Morgan fingerprint density at radius 2 is 1.56 bits per heavy atom. The maximum atomic E-state index is 10.8. The highest BCUT2D eigenvalue weighted by Crippen LogP contribution is 2.13. The fourth-order valence-electron chi connectivity index (χ4n) is 2.75. The van der Waals surface area contributed by atoms with Gasteiger partial charge in [-0.3, -0.25) is 0 Å². The minimum absolute atomic E-state index is 0.262. The van der Waals surface area contributed by atoms with Gasteiger partial charge in [-0.1, -0.05) is 58.3 Å². The summed E-state index contributed by atoms with van der Waals surface area (Å²) in [6.45, 7) is 5.40. The lowest BCUT2D eigenvalue weighted by atomic mass is 10.1. The third-order valence-electron chi connectivity index (χ3n) is 4.32. The molecule has 1 aromatic carbocycles. The van der Waals surface area contributed by atoms with E-state index in [2.05, 4.69) is 13.8 Å². The highest BCUT2D eigenvalue weighted by molar-refractivity contribution is 5.87. The molecule has 0 aliphatic rings. The maximum absolute atomic E-state index is 10.8. The van der Waals surface area contributed by atoms with E-state index in [1.54, 1.807) is 24.3 Å². The quantitative estimate of drug-likeness (QED) is 0.412. The van der Waals surface area contributed by atoms with Gasteiger partial charge in [-0.2, -0.15) is 0 Å². The second-order valence-electron chi connectivity index (χ2n) is 6.62. The van der Waals surface area contributed by atoms with E-state index in [9.17, 15) is 4.79 Å². The number of rotatable bonds is 15. The topological polar surface area (TPSA) is 55.8 Å². The minimum atomic E-state index is -0.926. The van der Waals surface area contributed by atoms with Gasteiger partial charge < -0.3 is 14.6 Å². The molecule has 0 fully saturated rings. The van der Waals surface area contributed by atoms with Crippen LogP contribution in [-0.4, -0.2) is 30.4 Å². The Morgan fingerprint density at radius 3 is 2.16 bits per heavy atom. The van der Waals surface area contributed by atoms with Crippen molar-refractivity contribution in [2.75, 3.05) is 13.2 Å². The highest BCUT2D eigenvalue weighted by atomic mass is 16.5. The van der Waals surface area contributed by atoms with Crippen LogP contribution in [0.3, 0.4) is 0 Å². The Morgan fingerprint density at radius 1 is 0.960 bits per heavy atom. The first-order valence-corrected chi connectivity index (χ1v) is 9.71. The van der Waals surface area contributed by atoms with E-state index in [1.165, 1.54) is 51.4 Å². The number of hydrogen-bond donors (Lipinski definition) is 1. The Hall–Kier alpha value is -1.55. The monoisotopic (exact) mass is 350 g/mol. The van der Waals surface area contributed by atoms with Crippen molar-refractivity contribution in [3.63, 3.8) is 0 Å². The molecule has 0 heterocycles. The minimum Gasteiger partial charge on any atom is -0.491 e. The molecule has 0 spiro atoms. The molecular formula is C21H34O4. The third kappa shape index (κ3) is 10.8. The molecule has 0 bridgehead atoms. The molecular weight excluding hydrogens is 316 g/mol. The van der Waals surface area contributed by atoms with Crippen molar-refractivity contribution in [3.8, 4) is 5.75 Å². The van der Waals surface area contributed by atoms with Crippen molar-refractivity contribution >= 4 is 5.97 Å². The van der Waals surface area contributed by atoms with Gasteiger partial charge >= 0.3 is 5.97 Å². The lowest BCUT2D eigenvalue weighted by Crippen LogP contribution is -2.14. The Balaban J connectivity index is 1.98. The summed E-state index contributed by atoms with van der Waals surface area (Å²) < 4.78 is 11.3. The first-order valence-electron chi connectivity index (χ1n) is 9.71. The van der Waals surface area contributed by atoms with Crippen LogP contribution < -0.4 is 4.74 Å². The van der Waals surface area contributed by atoms with Crippen molar-refractivity contribution in [1.29, 1.82) is 0 Å². The molecule has 1 rings (SSSR count). The molecule has 0 saturated carbocycles. The van der Waals surface area contributed by atoms with E-state index >= 15 is 0 Å². The van der Waals surface area contributed by atoms with Crippen LogP contribution in [0.15, 0.2) is 24.3 Å². The lowest BCUT2D eigenvalue weighted by Gasteiger charge is -2.13. The molecule has 1 N–H and O–H groups in total. The number of aromatic carboxylic acids is 1. The van der Waals surface area contributed by atoms with Crippen molar-refractivity contribution in [2.24, 2.45) is 0 Å². The fourth-order valence-corrected chi connectivity index (χ4v) is 2.75. The average molecular weight is 350 g/mol. The number of benzene rings is 1.